The highest BCUT2D eigenvalue weighted by atomic mass is 16.2. The minimum absolute atomic E-state index is 0.265. The lowest BCUT2D eigenvalue weighted by Gasteiger charge is -2.04. The minimum Gasteiger partial charge on any atom is -0.397 e. The quantitative estimate of drug-likeness (QED) is 0.693. The van der Waals surface area contributed by atoms with Crippen LogP contribution in [0.15, 0.2) is 42.9 Å². The number of anilines is 2. The van der Waals surface area contributed by atoms with Crippen molar-refractivity contribution in [3.63, 3.8) is 0 Å². The number of aromatic nitrogens is 5. The maximum absolute atomic E-state index is 12.1. The molecule has 0 spiro atoms. The number of nitrogens with two attached hydrogens (primary N) is 1. The Hall–Kier alpha value is -3.16. The number of carbonyl (C=O) groups excluding carboxylic acids is 1. The number of nitrogen functional groups attached to an aromatic ring is 1. The monoisotopic (exact) mass is 283 g/mol. The molecule has 0 saturated carbocycles. The summed E-state index contributed by atoms with van der Waals surface area (Å²) >= 11 is 0. The van der Waals surface area contributed by atoms with E-state index in [0.29, 0.717) is 11.6 Å². The predicted octanol–water partition coefficient (Wildman–Crippen LogP) is 0.835. The fourth-order valence-electron chi connectivity index (χ4n) is 1.85. The molecule has 0 atom stereocenters. The van der Waals surface area contributed by atoms with Gasteiger partial charge in [-0.15, -0.1) is 0 Å². The molecule has 0 unspecified atom stereocenters. The van der Waals surface area contributed by atoms with Gasteiger partial charge in [0.15, 0.2) is 5.69 Å². The third-order valence-corrected chi connectivity index (χ3v) is 2.94. The number of benzene rings is 1. The summed E-state index contributed by atoms with van der Waals surface area (Å²) in [7, 11) is 1.69. The second-order valence-electron chi connectivity index (χ2n) is 4.37. The van der Waals surface area contributed by atoms with Gasteiger partial charge in [-0.3, -0.25) is 10.1 Å². The molecule has 3 aromatic rings. The standard InChI is InChI=1S/C13H13N7O/c1-19-13(15-8-16-19)17-12(21)10-6-7-20(18-10)11-5-3-2-4-9(11)14/h2-8H,14H2,1H3,(H,15,16,17,21). The first-order valence-corrected chi connectivity index (χ1v) is 6.21. The fraction of sp³-hybridized carbons (Fsp3) is 0.0769. The summed E-state index contributed by atoms with van der Waals surface area (Å²) < 4.78 is 3.02. The first-order chi connectivity index (χ1) is 10.1. The number of para-hydroxylation sites is 2. The fourth-order valence-corrected chi connectivity index (χ4v) is 1.85. The number of hydrogen-bond donors (Lipinski definition) is 2. The van der Waals surface area contributed by atoms with Crippen LogP contribution in [0.5, 0.6) is 0 Å². The first kappa shape index (κ1) is 12.9. The van der Waals surface area contributed by atoms with Crippen molar-refractivity contribution in [1.82, 2.24) is 24.5 Å². The summed E-state index contributed by atoms with van der Waals surface area (Å²) in [6.07, 6.45) is 3.04. The van der Waals surface area contributed by atoms with Crippen LogP contribution in [0.25, 0.3) is 5.69 Å². The van der Waals surface area contributed by atoms with Gasteiger partial charge < -0.3 is 5.73 Å². The van der Waals surface area contributed by atoms with Crippen LogP contribution in [0.2, 0.25) is 0 Å². The molecule has 3 N–H and O–H groups in total. The predicted molar refractivity (Wildman–Crippen MR) is 76.9 cm³/mol. The highest BCUT2D eigenvalue weighted by Crippen LogP contribution is 2.15. The molecule has 3 rings (SSSR count). The summed E-state index contributed by atoms with van der Waals surface area (Å²) in [6, 6.07) is 8.90. The number of nitrogens with zero attached hydrogens (tertiary/aromatic N) is 5. The van der Waals surface area contributed by atoms with E-state index in [1.54, 1.807) is 30.1 Å². The molecule has 2 heterocycles. The second kappa shape index (κ2) is 5.08. The van der Waals surface area contributed by atoms with E-state index in [-0.39, 0.29) is 11.6 Å². The van der Waals surface area contributed by atoms with Gasteiger partial charge in [0.25, 0.3) is 5.91 Å². The van der Waals surface area contributed by atoms with Crippen LogP contribution in [0, 0.1) is 0 Å². The van der Waals surface area contributed by atoms with Crippen molar-refractivity contribution < 1.29 is 4.79 Å². The van der Waals surface area contributed by atoms with Gasteiger partial charge >= 0.3 is 0 Å². The maximum Gasteiger partial charge on any atom is 0.278 e. The van der Waals surface area contributed by atoms with Crippen molar-refractivity contribution in [2.24, 2.45) is 7.05 Å². The van der Waals surface area contributed by atoms with E-state index >= 15 is 0 Å². The zero-order valence-electron chi connectivity index (χ0n) is 11.3. The van der Waals surface area contributed by atoms with Crippen LogP contribution < -0.4 is 11.1 Å². The van der Waals surface area contributed by atoms with Gasteiger partial charge in [0.05, 0.1) is 11.4 Å². The van der Waals surface area contributed by atoms with Crippen LogP contribution in [0.1, 0.15) is 10.5 Å². The van der Waals surface area contributed by atoms with Crippen LogP contribution >= 0.6 is 0 Å². The summed E-state index contributed by atoms with van der Waals surface area (Å²) in [5, 5.41) is 10.7. The summed E-state index contributed by atoms with van der Waals surface area (Å²) in [4.78, 5) is 16.0. The molecule has 0 aliphatic rings. The van der Waals surface area contributed by atoms with Gasteiger partial charge in [0.2, 0.25) is 5.95 Å². The molecule has 21 heavy (non-hydrogen) atoms. The molecular weight excluding hydrogens is 270 g/mol. The summed E-state index contributed by atoms with van der Waals surface area (Å²) in [5.41, 5.74) is 7.45. The molecule has 0 saturated heterocycles. The number of nitrogens with one attached hydrogen (secondary N) is 1. The maximum atomic E-state index is 12.1. The lowest BCUT2D eigenvalue weighted by atomic mass is 10.3. The van der Waals surface area contributed by atoms with Crippen molar-refractivity contribution >= 4 is 17.5 Å². The average molecular weight is 283 g/mol. The van der Waals surface area contributed by atoms with Crippen LogP contribution in [-0.2, 0) is 7.05 Å². The van der Waals surface area contributed by atoms with E-state index in [0.717, 1.165) is 5.69 Å². The van der Waals surface area contributed by atoms with Gasteiger partial charge in [0, 0.05) is 13.2 Å². The Kier molecular flexibility index (Phi) is 3.11. The van der Waals surface area contributed by atoms with Crippen molar-refractivity contribution in [1.29, 1.82) is 0 Å². The third kappa shape index (κ3) is 2.46. The highest BCUT2D eigenvalue weighted by molar-refractivity contribution is 6.01. The number of carbonyl (C=O) groups is 1. The normalized spacial score (nSPS) is 10.5. The summed E-state index contributed by atoms with van der Waals surface area (Å²) in [6.45, 7) is 0. The Bertz CT molecular complexity index is 789. The van der Waals surface area contributed by atoms with Gasteiger partial charge in [-0.05, 0) is 18.2 Å². The van der Waals surface area contributed by atoms with E-state index in [2.05, 4.69) is 20.5 Å². The van der Waals surface area contributed by atoms with E-state index in [9.17, 15) is 4.79 Å². The smallest absolute Gasteiger partial charge is 0.278 e. The zero-order valence-corrected chi connectivity index (χ0v) is 11.3. The number of rotatable bonds is 3. The molecule has 8 heteroatoms. The van der Waals surface area contributed by atoms with Crippen molar-refractivity contribution in [2.45, 2.75) is 0 Å². The molecular formula is C13H13N7O. The molecule has 0 aliphatic heterocycles. The van der Waals surface area contributed by atoms with Gasteiger partial charge in [0.1, 0.15) is 6.33 Å². The van der Waals surface area contributed by atoms with Crippen LogP contribution in [0.3, 0.4) is 0 Å². The van der Waals surface area contributed by atoms with Crippen molar-refractivity contribution in [3.8, 4) is 5.69 Å². The molecule has 1 amide bonds. The van der Waals surface area contributed by atoms with Gasteiger partial charge in [-0.25, -0.2) is 9.36 Å². The summed E-state index contributed by atoms with van der Waals surface area (Å²) in [5.74, 6) is -0.00636. The van der Waals surface area contributed by atoms with E-state index in [4.69, 9.17) is 5.73 Å². The first-order valence-electron chi connectivity index (χ1n) is 6.21. The van der Waals surface area contributed by atoms with E-state index < -0.39 is 0 Å². The Balaban J connectivity index is 1.84. The molecule has 0 fully saturated rings. The molecule has 0 aliphatic carbocycles. The van der Waals surface area contributed by atoms with Gasteiger partial charge in [-0.2, -0.15) is 15.2 Å². The molecule has 1 aromatic carbocycles. The largest absolute Gasteiger partial charge is 0.397 e. The SMILES string of the molecule is Cn1ncnc1NC(=O)c1ccn(-c2ccccc2N)n1. The zero-order chi connectivity index (χ0) is 14.8. The molecule has 8 nitrogen and oxygen atoms in total. The minimum atomic E-state index is -0.362. The van der Waals surface area contributed by atoms with Crippen LogP contribution in [0.4, 0.5) is 11.6 Å². The Morgan fingerprint density at radius 3 is 2.81 bits per heavy atom. The Labute approximate surface area is 120 Å². The molecule has 0 radical (unpaired) electrons. The van der Waals surface area contributed by atoms with Crippen LogP contribution in [-0.4, -0.2) is 30.5 Å². The van der Waals surface area contributed by atoms with Gasteiger partial charge in [-0.1, -0.05) is 12.1 Å². The topological polar surface area (TPSA) is 104 Å². The van der Waals surface area contributed by atoms with E-state index in [1.807, 2.05) is 18.2 Å². The lowest BCUT2D eigenvalue weighted by molar-refractivity contribution is 0.102. The third-order valence-electron chi connectivity index (χ3n) is 2.94. The van der Waals surface area contributed by atoms with Crippen molar-refractivity contribution in [2.75, 3.05) is 11.1 Å². The second-order valence-corrected chi connectivity index (χ2v) is 4.37. The highest BCUT2D eigenvalue weighted by Gasteiger charge is 2.13. The van der Waals surface area contributed by atoms with Crippen molar-refractivity contribution in [3.05, 3.63) is 48.5 Å². The Morgan fingerprint density at radius 1 is 1.29 bits per heavy atom. The molecule has 106 valence electrons. The number of amides is 1. The Morgan fingerprint density at radius 2 is 2.10 bits per heavy atom. The molecule has 2 aromatic heterocycles. The number of hydrogen-bond acceptors (Lipinski definition) is 5. The number of aryl methyl sites for hydroxylation is 1. The average Bonchev–Trinajstić information content (AvgIpc) is 3.09. The molecule has 0 bridgehead atoms. The van der Waals surface area contributed by atoms with E-state index in [1.165, 1.54) is 11.0 Å². The lowest BCUT2D eigenvalue weighted by Crippen LogP contribution is -2.16.